The third-order valence-corrected chi connectivity index (χ3v) is 2.32. The van der Waals surface area contributed by atoms with Gasteiger partial charge in [0.25, 0.3) is 0 Å². The molecule has 1 aromatic rings. The molecule has 0 aliphatic rings. The van der Waals surface area contributed by atoms with Gasteiger partial charge in [0.15, 0.2) is 0 Å². The lowest BCUT2D eigenvalue weighted by Crippen LogP contribution is -2.48. The van der Waals surface area contributed by atoms with Crippen LogP contribution in [0.2, 0.25) is 0 Å². The summed E-state index contributed by atoms with van der Waals surface area (Å²) in [6.07, 6.45) is 2.86. The van der Waals surface area contributed by atoms with Gasteiger partial charge in [0.2, 0.25) is 0 Å². The Labute approximate surface area is 131 Å². The number of hydrogen-bond donors (Lipinski definition) is 1. The Balaban J connectivity index is 0.000000400. The van der Waals surface area contributed by atoms with Crippen LogP contribution in [0.15, 0.2) is 30.8 Å². The van der Waals surface area contributed by atoms with E-state index in [1.165, 1.54) is 0 Å². The molecule has 0 saturated carbocycles. The molecule has 2 heteroatoms. The molecule has 0 fully saturated rings. The summed E-state index contributed by atoms with van der Waals surface area (Å²) in [7, 11) is 0. The fourth-order valence-electron chi connectivity index (χ4n) is 2.08. The van der Waals surface area contributed by atoms with E-state index in [4.69, 9.17) is 4.74 Å². The molecule has 0 spiro atoms. The van der Waals surface area contributed by atoms with E-state index in [2.05, 4.69) is 60.4 Å². The monoisotopic (exact) mass is 291 g/mol. The molecule has 1 N–H and O–H groups in total. The molecule has 2 nitrogen and oxygen atoms in total. The SMILES string of the molecule is C=Cc1cccc(OCCC)c1.CC(C)(C)NC(C)(C)C. The maximum Gasteiger partial charge on any atom is 0.119 e. The molecule has 21 heavy (non-hydrogen) atoms. The van der Waals surface area contributed by atoms with Gasteiger partial charge >= 0.3 is 0 Å². The van der Waals surface area contributed by atoms with Gasteiger partial charge in [-0.1, -0.05) is 31.7 Å². The zero-order valence-electron chi connectivity index (χ0n) is 14.9. The first kappa shape index (κ1) is 19.7. The predicted molar refractivity (Wildman–Crippen MR) is 95.0 cm³/mol. The summed E-state index contributed by atoms with van der Waals surface area (Å²) in [5, 5.41) is 3.46. The molecule has 0 radical (unpaired) electrons. The number of benzene rings is 1. The van der Waals surface area contributed by atoms with Crippen molar-refractivity contribution in [3.8, 4) is 5.75 Å². The quantitative estimate of drug-likeness (QED) is 0.813. The van der Waals surface area contributed by atoms with E-state index in [-0.39, 0.29) is 11.1 Å². The van der Waals surface area contributed by atoms with Gasteiger partial charge in [-0.05, 0) is 65.7 Å². The molecule has 1 aromatic carbocycles. The summed E-state index contributed by atoms with van der Waals surface area (Å²) in [5.74, 6) is 0.925. The molecule has 1 rings (SSSR count). The van der Waals surface area contributed by atoms with Crippen LogP contribution in [-0.4, -0.2) is 17.7 Å². The van der Waals surface area contributed by atoms with Crippen LogP contribution in [0.25, 0.3) is 6.08 Å². The van der Waals surface area contributed by atoms with Gasteiger partial charge in [0.05, 0.1) is 6.61 Å². The van der Waals surface area contributed by atoms with Crippen LogP contribution in [0.3, 0.4) is 0 Å². The lowest BCUT2D eigenvalue weighted by atomic mass is 10.0. The van der Waals surface area contributed by atoms with E-state index in [1.807, 2.05) is 30.3 Å². The fourth-order valence-corrected chi connectivity index (χ4v) is 2.08. The summed E-state index contributed by atoms with van der Waals surface area (Å²) in [6.45, 7) is 19.6. The molecule has 0 amide bonds. The van der Waals surface area contributed by atoms with Crippen molar-refractivity contribution in [2.75, 3.05) is 6.61 Å². The highest BCUT2D eigenvalue weighted by Crippen LogP contribution is 2.13. The second-order valence-electron chi connectivity index (χ2n) is 7.25. The van der Waals surface area contributed by atoms with Crippen molar-refractivity contribution in [3.05, 3.63) is 36.4 Å². The Morgan fingerprint density at radius 2 is 1.67 bits per heavy atom. The summed E-state index contributed by atoms with van der Waals surface area (Å²) < 4.78 is 5.45. The predicted octanol–water partition coefficient (Wildman–Crippen LogP) is 5.29. The van der Waals surface area contributed by atoms with E-state index in [1.54, 1.807) is 0 Å². The van der Waals surface area contributed by atoms with E-state index in [0.29, 0.717) is 0 Å². The van der Waals surface area contributed by atoms with Crippen LogP contribution in [-0.2, 0) is 0 Å². The first-order valence-corrected chi connectivity index (χ1v) is 7.72. The molecule has 0 unspecified atom stereocenters. The maximum atomic E-state index is 5.45. The molecule has 0 aliphatic heterocycles. The van der Waals surface area contributed by atoms with Crippen molar-refractivity contribution >= 4 is 6.08 Å². The van der Waals surface area contributed by atoms with Gasteiger partial charge in [-0.15, -0.1) is 0 Å². The Morgan fingerprint density at radius 3 is 2.05 bits per heavy atom. The Hall–Kier alpha value is -1.28. The second-order valence-corrected chi connectivity index (χ2v) is 7.25. The zero-order valence-corrected chi connectivity index (χ0v) is 14.9. The number of rotatable bonds is 4. The molecule has 120 valence electrons. The van der Waals surface area contributed by atoms with Crippen LogP contribution in [0, 0.1) is 0 Å². The normalized spacial score (nSPS) is 11.4. The Morgan fingerprint density at radius 1 is 1.10 bits per heavy atom. The summed E-state index contributed by atoms with van der Waals surface area (Å²) in [6, 6.07) is 7.93. The summed E-state index contributed by atoms with van der Waals surface area (Å²) in [5.41, 5.74) is 1.57. The van der Waals surface area contributed by atoms with Crippen molar-refractivity contribution in [3.63, 3.8) is 0 Å². The molecular formula is C19H33NO. The lowest BCUT2D eigenvalue weighted by Gasteiger charge is -2.31. The molecule has 0 atom stereocenters. The van der Waals surface area contributed by atoms with Gasteiger partial charge < -0.3 is 10.1 Å². The molecule has 0 bridgehead atoms. The van der Waals surface area contributed by atoms with Crippen molar-refractivity contribution in [2.24, 2.45) is 0 Å². The minimum atomic E-state index is 0.234. The molecule has 0 aliphatic carbocycles. The largest absolute Gasteiger partial charge is 0.494 e. The van der Waals surface area contributed by atoms with Gasteiger partial charge in [-0.3, -0.25) is 0 Å². The average molecular weight is 291 g/mol. The minimum absolute atomic E-state index is 0.234. The minimum Gasteiger partial charge on any atom is -0.494 e. The van der Waals surface area contributed by atoms with Crippen LogP contribution in [0.1, 0.15) is 60.5 Å². The first-order valence-electron chi connectivity index (χ1n) is 7.72. The molecule has 0 heterocycles. The van der Waals surface area contributed by atoms with Crippen LogP contribution in [0.5, 0.6) is 5.75 Å². The fraction of sp³-hybridized carbons (Fsp3) is 0.579. The van der Waals surface area contributed by atoms with Gasteiger partial charge in [-0.2, -0.15) is 0 Å². The Kier molecular flexibility index (Phi) is 8.34. The first-order chi connectivity index (χ1) is 9.57. The van der Waals surface area contributed by atoms with Crippen LogP contribution in [0.4, 0.5) is 0 Å². The van der Waals surface area contributed by atoms with Gasteiger partial charge in [0, 0.05) is 11.1 Å². The number of ether oxygens (including phenoxy) is 1. The number of nitrogens with one attached hydrogen (secondary N) is 1. The highest BCUT2D eigenvalue weighted by Gasteiger charge is 2.18. The van der Waals surface area contributed by atoms with E-state index >= 15 is 0 Å². The van der Waals surface area contributed by atoms with Crippen molar-refractivity contribution in [2.45, 2.75) is 66.0 Å². The average Bonchev–Trinajstić information content (AvgIpc) is 2.33. The van der Waals surface area contributed by atoms with Crippen LogP contribution >= 0.6 is 0 Å². The van der Waals surface area contributed by atoms with Crippen LogP contribution < -0.4 is 10.1 Å². The van der Waals surface area contributed by atoms with E-state index < -0.39 is 0 Å². The highest BCUT2D eigenvalue weighted by molar-refractivity contribution is 5.49. The third-order valence-electron chi connectivity index (χ3n) is 2.32. The van der Waals surface area contributed by atoms with E-state index in [9.17, 15) is 0 Å². The van der Waals surface area contributed by atoms with E-state index in [0.717, 1.165) is 24.3 Å². The van der Waals surface area contributed by atoms with Gasteiger partial charge in [0.1, 0.15) is 5.75 Å². The van der Waals surface area contributed by atoms with Gasteiger partial charge in [-0.25, -0.2) is 0 Å². The third kappa shape index (κ3) is 12.2. The topological polar surface area (TPSA) is 21.3 Å². The smallest absolute Gasteiger partial charge is 0.119 e. The standard InChI is InChI=1S/C11H14O.C8H19N/c1-3-8-12-11-7-5-6-10(4-2)9-11;1-7(2,3)9-8(4,5)6/h4-7,9H,2-3,8H2,1H3;9H,1-6H3. The molecule has 0 saturated heterocycles. The summed E-state index contributed by atoms with van der Waals surface area (Å²) >= 11 is 0. The zero-order chi connectivity index (χ0) is 16.5. The number of hydrogen-bond acceptors (Lipinski definition) is 2. The van der Waals surface area contributed by atoms with Crippen molar-refractivity contribution < 1.29 is 4.74 Å². The second kappa shape index (κ2) is 8.89. The maximum absolute atomic E-state index is 5.45. The lowest BCUT2D eigenvalue weighted by molar-refractivity contribution is 0.303. The molecular weight excluding hydrogens is 258 g/mol. The van der Waals surface area contributed by atoms with Crippen molar-refractivity contribution in [1.29, 1.82) is 0 Å². The molecule has 0 aromatic heterocycles. The van der Waals surface area contributed by atoms with Crippen molar-refractivity contribution in [1.82, 2.24) is 5.32 Å². The highest BCUT2D eigenvalue weighted by atomic mass is 16.5. The Bertz CT molecular complexity index is 398. The summed E-state index contributed by atoms with van der Waals surface area (Å²) in [4.78, 5) is 0.